The molecule has 0 saturated heterocycles. The van der Waals surface area contributed by atoms with Gasteiger partial charge in [-0.2, -0.15) is 0 Å². The Labute approximate surface area is 93.9 Å². The lowest BCUT2D eigenvalue weighted by Crippen LogP contribution is -2.40. The van der Waals surface area contributed by atoms with Gasteiger partial charge in [0.05, 0.1) is 0 Å². The van der Waals surface area contributed by atoms with Crippen molar-refractivity contribution in [3.8, 4) is 0 Å². The SMILES string of the molecule is CC(C)(C)NS(=O)(=O)c1ccc(C(N)=O)o1. The number of hydrogen-bond donors (Lipinski definition) is 2. The second kappa shape index (κ2) is 3.91. The Bertz CT molecular complexity index is 496. The summed E-state index contributed by atoms with van der Waals surface area (Å²) in [6.45, 7) is 5.09. The minimum absolute atomic E-state index is 0.186. The van der Waals surface area contributed by atoms with E-state index < -0.39 is 21.5 Å². The molecule has 0 aliphatic carbocycles. The highest BCUT2D eigenvalue weighted by atomic mass is 32.2. The number of hydrogen-bond acceptors (Lipinski definition) is 4. The Balaban J connectivity index is 3.04. The molecule has 90 valence electrons. The molecule has 1 amide bonds. The summed E-state index contributed by atoms with van der Waals surface area (Å²) in [6, 6.07) is 2.41. The van der Waals surface area contributed by atoms with E-state index in [1.54, 1.807) is 20.8 Å². The van der Waals surface area contributed by atoms with Crippen LogP contribution in [0.25, 0.3) is 0 Å². The van der Waals surface area contributed by atoms with E-state index in [1.165, 1.54) is 12.1 Å². The van der Waals surface area contributed by atoms with Crippen LogP contribution in [0.15, 0.2) is 21.6 Å². The lowest BCUT2D eigenvalue weighted by Gasteiger charge is -2.18. The smallest absolute Gasteiger partial charge is 0.284 e. The molecule has 0 saturated carbocycles. The van der Waals surface area contributed by atoms with Crippen LogP contribution in [0.4, 0.5) is 0 Å². The van der Waals surface area contributed by atoms with Crippen LogP contribution in [0, 0.1) is 0 Å². The number of carbonyl (C=O) groups excluding carboxylic acids is 1. The molecule has 1 heterocycles. The lowest BCUT2D eigenvalue weighted by atomic mass is 10.1. The van der Waals surface area contributed by atoms with Gasteiger partial charge in [0, 0.05) is 5.54 Å². The molecule has 6 nitrogen and oxygen atoms in total. The highest BCUT2D eigenvalue weighted by Crippen LogP contribution is 2.15. The molecule has 0 spiro atoms. The van der Waals surface area contributed by atoms with Gasteiger partial charge in [0.2, 0.25) is 5.09 Å². The van der Waals surface area contributed by atoms with Crippen LogP contribution in [0.5, 0.6) is 0 Å². The first-order chi connectivity index (χ1) is 7.12. The van der Waals surface area contributed by atoms with Crippen molar-refractivity contribution in [2.75, 3.05) is 0 Å². The summed E-state index contributed by atoms with van der Waals surface area (Å²) in [5, 5.41) is -0.323. The fourth-order valence-corrected chi connectivity index (χ4v) is 2.40. The van der Waals surface area contributed by atoms with E-state index in [9.17, 15) is 13.2 Å². The standard InChI is InChI=1S/C9H14N2O4S/c1-9(2,3)11-16(13,14)7-5-4-6(15-7)8(10)12/h4-5,11H,1-3H3,(H2,10,12). The summed E-state index contributed by atoms with van der Waals surface area (Å²) in [6.07, 6.45) is 0. The average molecular weight is 246 g/mol. The number of carbonyl (C=O) groups is 1. The van der Waals surface area contributed by atoms with E-state index in [0.717, 1.165) is 0 Å². The minimum atomic E-state index is -3.76. The van der Waals surface area contributed by atoms with Crippen LogP contribution in [0.3, 0.4) is 0 Å². The molecule has 16 heavy (non-hydrogen) atoms. The van der Waals surface area contributed by atoms with Crippen molar-refractivity contribution in [3.05, 3.63) is 17.9 Å². The lowest BCUT2D eigenvalue weighted by molar-refractivity contribution is 0.0968. The monoisotopic (exact) mass is 246 g/mol. The first-order valence-electron chi connectivity index (χ1n) is 4.55. The fourth-order valence-electron chi connectivity index (χ4n) is 1.05. The number of furan rings is 1. The molecule has 1 rings (SSSR count). The fraction of sp³-hybridized carbons (Fsp3) is 0.444. The topological polar surface area (TPSA) is 102 Å². The summed E-state index contributed by atoms with van der Waals surface area (Å²) in [7, 11) is -3.76. The Morgan fingerprint density at radius 1 is 1.38 bits per heavy atom. The van der Waals surface area contributed by atoms with Crippen LogP contribution in [0.1, 0.15) is 31.3 Å². The van der Waals surface area contributed by atoms with Crippen molar-refractivity contribution in [2.45, 2.75) is 31.4 Å². The van der Waals surface area contributed by atoms with Gasteiger partial charge in [-0.25, -0.2) is 13.1 Å². The van der Waals surface area contributed by atoms with Crippen LogP contribution < -0.4 is 10.5 Å². The van der Waals surface area contributed by atoms with Crippen molar-refractivity contribution in [2.24, 2.45) is 5.73 Å². The zero-order valence-electron chi connectivity index (χ0n) is 9.27. The molecule has 0 radical (unpaired) electrons. The summed E-state index contributed by atoms with van der Waals surface area (Å²) in [4.78, 5) is 10.7. The van der Waals surface area contributed by atoms with E-state index >= 15 is 0 Å². The normalized spacial score (nSPS) is 12.7. The summed E-state index contributed by atoms with van der Waals surface area (Å²) >= 11 is 0. The first kappa shape index (κ1) is 12.7. The second-order valence-electron chi connectivity index (χ2n) is 4.34. The van der Waals surface area contributed by atoms with E-state index in [1.807, 2.05) is 0 Å². The van der Waals surface area contributed by atoms with Gasteiger partial charge in [-0.15, -0.1) is 0 Å². The van der Waals surface area contributed by atoms with E-state index in [-0.39, 0.29) is 10.9 Å². The summed E-state index contributed by atoms with van der Waals surface area (Å²) in [5.74, 6) is -0.994. The van der Waals surface area contributed by atoms with Crippen molar-refractivity contribution >= 4 is 15.9 Å². The quantitative estimate of drug-likeness (QED) is 0.808. The van der Waals surface area contributed by atoms with Gasteiger partial charge < -0.3 is 10.2 Å². The van der Waals surface area contributed by atoms with Gasteiger partial charge in [-0.1, -0.05) is 0 Å². The predicted octanol–water partition coefficient (Wildman–Crippen LogP) is 0.455. The minimum Gasteiger partial charge on any atom is -0.438 e. The largest absolute Gasteiger partial charge is 0.438 e. The average Bonchev–Trinajstić information content (AvgIpc) is 2.46. The Morgan fingerprint density at radius 3 is 2.31 bits per heavy atom. The number of sulfonamides is 1. The highest BCUT2D eigenvalue weighted by Gasteiger charge is 2.25. The molecule has 0 bridgehead atoms. The Morgan fingerprint density at radius 2 is 1.94 bits per heavy atom. The van der Waals surface area contributed by atoms with Crippen LogP contribution in [-0.2, 0) is 10.0 Å². The number of rotatable bonds is 3. The van der Waals surface area contributed by atoms with Gasteiger partial charge in [-0.3, -0.25) is 4.79 Å². The molecular formula is C9H14N2O4S. The maximum atomic E-state index is 11.7. The zero-order valence-corrected chi connectivity index (χ0v) is 10.1. The maximum absolute atomic E-state index is 11.7. The van der Waals surface area contributed by atoms with Crippen LogP contribution in [0.2, 0.25) is 0 Å². The first-order valence-corrected chi connectivity index (χ1v) is 6.04. The van der Waals surface area contributed by atoms with Crippen molar-refractivity contribution in [3.63, 3.8) is 0 Å². The molecule has 0 aliphatic rings. The molecule has 0 atom stereocenters. The third kappa shape index (κ3) is 3.07. The van der Waals surface area contributed by atoms with Crippen LogP contribution in [-0.4, -0.2) is 19.9 Å². The zero-order chi connectivity index (χ0) is 12.6. The molecule has 1 aromatic heterocycles. The number of nitrogens with two attached hydrogens (primary N) is 1. The molecule has 0 fully saturated rings. The molecule has 1 aromatic rings. The highest BCUT2D eigenvalue weighted by molar-refractivity contribution is 7.89. The van der Waals surface area contributed by atoms with Gasteiger partial charge in [0.15, 0.2) is 5.76 Å². The van der Waals surface area contributed by atoms with Gasteiger partial charge in [0.25, 0.3) is 15.9 Å². The van der Waals surface area contributed by atoms with E-state index in [0.29, 0.717) is 0 Å². The molecule has 0 aliphatic heterocycles. The van der Waals surface area contributed by atoms with Crippen molar-refractivity contribution < 1.29 is 17.6 Å². The number of amides is 1. The van der Waals surface area contributed by atoms with Crippen molar-refractivity contribution in [1.82, 2.24) is 4.72 Å². The predicted molar refractivity (Wildman–Crippen MR) is 57.3 cm³/mol. The summed E-state index contributed by atoms with van der Waals surface area (Å²) < 4.78 is 30.7. The molecule has 7 heteroatoms. The summed E-state index contributed by atoms with van der Waals surface area (Å²) in [5.41, 5.74) is 4.32. The molecule has 0 aromatic carbocycles. The maximum Gasteiger partial charge on any atom is 0.284 e. The van der Waals surface area contributed by atoms with Crippen molar-refractivity contribution in [1.29, 1.82) is 0 Å². The second-order valence-corrected chi connectivity index (χ2v) is 5.95. The number of primary amides is 1. The van der Waals surface area contributed by atoms with E-state index in [4.69, 9.17) is 10.2 Å². The Kier molecular flexibility index (Phi) is 3.11. The third-order valence-electron chi connectivity index (χ3n) is 1.53. The molecule has 0 unspecified atom stereocenters. The number of nitrogens with one attached hydrogen (secondary N) is 1. The Hall–Kier alpha value is -1.34. The van der Waals surface area contributed by atoms with Gasteiger partial charge in [-0.05, 0) is 32.9 Å². The van der Waals surface area contributed by atoms with Crippen LogP contribution >= 0.6 is 0 Å². The molecule has 3 N–H and O–H groups in total. The molecular weight excluding hydrogens is 232 g/mol. The van der Waals surface area contributed by atoms with E-state index in [2.05, 4.69) is 4.72 Å². The van der Waals surface area contributed by atoms with Gasteiger partial charge >= 0.3 is 0 Å². The third-order valence-corrected chi connectivity index (χ3v) is 3.16. The van der Waals surface area contributed by atoms with Gasteiger partial charge in [0.1, 0.15) is 0 Å².